The van der Waals surface area contributed by atoms with Crippen LogP contribution in [0.4, 0.5) is 5.95 Å². The number of ether oxygens (including phenoxy) is 2. The number of aromatic nitrogens is 3. The number of benzene rings is 1. The molecule has 2 fully saturated rings. The zero-order valence-electron chi connectivity index (χ0n) is 17.6. The summed E-state index contributed by atoms with van der Waals surface area (Å²) in [5, 5.41) is 4.60. The minimum atomic E-state index is 0.0345. The van der Waals surface area contributed by atoms with Crippen molar-refractivity contribution in [3.63, 3.8) is 0 Å². The predicted molar refractivity (Wildman–Crippen MR) is 120 cm³/mol. The second kappa shape index (κ2) is 8.47. The summed E-state index contributed by atoms with van der Waals surface area (Å²) in [5.41, 5.74) is 2.93. The maximum absolute atomic E-state index is 6.29. The van der Waals surface area contributed by atoms with Crippen molar-refractivity contribution in [2.24, 2.45) is 5.92 Å². The molecule has 0 radical (unpaired) electrons. The quantitative estimate of drug-likeness (QED) is 0.606. The Morgan fingerprint density at radius 2 is 2.00 bits per heavy atom. The van der Waals surface area contributed by atoms with Crippen LogP contribution in [-0.4, -0.2) is 40.3 Å². The van der Waals surface area contributed by atoms with Gasteiger partial charge in [-0.25, -0.2) is 9.97 Å². The normalized spacial score (nSPS) is 24.3. The second-order valence-electron chi connectivity index (χ2n) is 8.53. The largest absolute Gasteiger partial charge is 0.471 e. The molecule has 0 amide bonds. The van der Waals surface area contributed by atoms with Gasteiger partial charge >= 0.3 is 0 Å². The third kappa shape index (κ3) is 4.27. The Balaban J connectivity index is 1.45. The molecule has 1 unspecified atom stereocenters. The summed E-state index contributed by atoms with van der Waals surface area (Å²) < 4.78 is 13.0. The molecule has 1 aromatic carbocycles. The number of hydrogen-bond donors (Lipinski definition) is 1. The van der Waals surface area contributed by atoms with Crippen LogP contribution in [0, 0.1) is 12.8 Å². The summed E-state index contributed by atoms with van der Waals surface area (Å²) in [7, 11) is 0. The van der Waals surface area contributed by atoms with Gasteiger partial charge in [0.05, 0.1) is 34.0 Å². The zero-order valence-corrected chi connectivity index (χ0v) is 18.4. The van der Waals surface area contributed by atoms with Crippen LogP contribution in [0.15, 0.2) is 24.4 Å². The van der Waals surface area contributed by atoms with Crippen LogP contribution in [0.2, 0.25) is 0 Å². The van der Waals surface area contributed by atoms with E-state index in [-0.39, 0.29) is 6.10 Å². The maximum atomic E-state index is 6.29. The lowest BCUT2D eigenvalue weighted by atomic mass is 9.87. The summed E-state index contributed by atoms with van der Waals surface area (Å²) in [6.07, 6.45) is 7.64. The molecule has 1 atom stereocenters. The first-order chi connectivity index (χ1) is 14.6. The van der Waals surface area contributed by atoms with Crippen molar-refractivity contribution in [1.82, 2.24) is 15.0 Å². The molecular formula is C23H28N4O2S. The van der Waals surface area contributed by atoms with E-state index in [0.717, 1.165) is 40.6 Å². The van der Waals surface area contributed by atoms with Gasteiger partial charge < -0.3 is 14.8 Å². The predicted octanol–water partition coefficient (Wildman–Crippen LogP) is 5.22. The average Bonchev–Trinajstić information content (AvgIpc) is 3.38. The van der Waals surface area contributed by atoms with E-state index in [1.54, 1.807) is 11.3 Å². The van der Waals surface area contributed by atoms with Crippen molar-refractivity contribution in [3.8, 4) is 17.0 Å². The lowest BCUT2D eigenvalue weighted by Gasteiger charge is -2.27. The standard InChI is InChI=1S/C23H28N4O2S/c1-14-3-6-17(7-4-14)26-23-24-12-19(22(27-23)29-18-9-10-28-13-18)16-5-8-21-20(11-16)25-15(2)30-21/h5,8,11-12,14,17-18H,3-4,6-7,9-10,13H2,1-2H3,(H,24,26,27). The molecule has 2 aliphatic rings. The van der Waals surface area contributed by atoms with Crippen molar-refractivity contribution >= 4 is 27.5 Å². The monoisotopic (exact) mass is 424 g/mol. The first-order valence-corrected chi connectivity index (χ1v) is 11.7. The number of aryl methyl sites for hydroxylation is 1. The molecule has 1 aliphatic carbocycles. The Morgan fingerprint density at radius 3 is 2.80 bits per heavy atom. The molecule has 0 spiro atoms. The number of anilines is 1. The summed E-state index contributed by atoms with van der Waals surface area (Å²) >= 11 is 1.71. The van der Waals surface area contributed by atoms with Gasteiger partial charge in [-0.15, -0.1) is 11.3 Å². The molecule has 6 nitrogen and oxygen atoms in total. The van der Waals surface area contributed by atoms with E-state index in [0.29, 0.717) is 24.5 Å². The van der Waals surface area contributed by atoms with Crippen LogP contribution in [0.1, 0.15) is 44.0 Å². The van der Waals surface area contributed by atoms with Crippen molar-refractivity contribution in [3.05, 3.63) is 29.4 Å². The highest BCUT2D eigenvalue weighted by Crippen LogP contribution is 2.34. The Hall–Kier alpha value is -2.25. The fourth-order valence-electron chi connectivity index (χ4n) is 4.28. The Bertz CT molecular complexity index is 1020. The zero-order chi connectivity index (χ0) is 20.5. The topological polar surface area (TPSA) is 69.2 Å². The molecule has 30 heavy (non-hydrogen) atoms. The highest BCUT2D eigenvalue weighted by atomic mass is 32.1. The lowest BCUT2D eigenvalue weighted by molar-refractivity contribution is 0.138. The van der Waals surface area contributed by atoms with Crippen LogP contribution < -0.4 is 10.1 Å². The van der Waals surface area contributed by atoms with Crippen LogP contribution in [0.3, 0.4) is 0 Å². The van der Waals surface area contributed by atoms with E-state index in [2.05, 4.69) is 40.4 Å². The van der Waals surface area contributed by atoms with Gasteiger partial charge in [-0.05, 0) is 56.2 Å². The van der Waals surface area contributed by atoms with E-state index in [4.69, 9.17) is 14.5 Å². The van der Waals surface area contributed by atoms with Crippen molar-refractivity contribution in [2.75, 3.05) is 18.5 Å². The van der Waals surface area contributed by atoms with E-state index in [9.17, 15) is 0 Å². The molecule has 3 heterocycles. The molecule has 0 bridgehead atoms. The minimum absolute atomic E-state index is 0.0345. The molecule has 5 rings (SSSR count). The van der Waals surface area contributed by atoms with Gasteiger partial charge in [0.2, 0.25) is 11.8 Å². The number of hydrogen-bond acceptors (Lipinski definition) is 7. The highest BCUT2D eigenvalue weighted by Gasteiger charge is 2.23. The van der Waals surface area contributed by atoms with E-state index in [1.807, 2.05) is 13.1 Å². The van der Waals surface area contributed by atoms with Crippen LogP contribution in [0.5, 0.6) is 5.88 Å². The molecule has 3 aromatic rings. The van der Waals surface area contributed by atoms with E-state index < -0.39 is 0 Å². The first-order valence-electron chi connectivity index (χ1n) is 10.9. The molecular weight excluding hydrogens is 396 g/mol. The minimum Gasteiger partial charge on any atom is -0.471 e. The third-order valence-corrected chi connectivity index (χ3v) is 7.03. The third-order valence-electron chi connectivity index (χ3n) is 6.07. The Morgan fingerprint density at radius 1 is 1.13 bits per heavy atom. The van der Waals surface area contributed by atoms with Crippen LogP contribution in [-0.2, 0) is 4.74 Å². The Kier molecular flexibility index (Phi) is 5.56. The number of fused-ring (bicyclic) bond motifs is 1. The first kappa shape index (κ1) is 19.7. The number of rotatable bonds is 5. The van der Waals surface area contributed by atoms with Crippen molar-refractivity contribution in [1.29, 1.82) is 0 Å². The molecule has 1 N–H and O–H groups in total. The van der Waals surface area contributed by atoms with E-state index in [1.165, 1.54) is 30.4 Å². The van der Waals surface area contributed by atoms with Gasteiger partial charge in [0.15, 0.2) is 0 Å². The summed E-state index contributed by atoms with van der Waals surface area (Å²) in [4.78, 5) is 14.1. The number of thiazole rings is 1. The highest BCUT2D eigenvalue weighted by molar-refractivity contribution is 7.18. The van der Waals surface area contributed by atoms with E-state index >= 15 is 0 Å². The number of nitrogens with zero attached hydrogens (tertiary/aromatic N) is 3. The average molecular weight is 425 g/mol. The second-order valence-corrected chi connectivity index (χ2v) is 9.77. The van der Waals surface area contributed by atoms with Crippen molar-refractivity contribution < 1.29 is 9.47 Å². The van der Waals surface area contributed by atoms with Crippen LogP contribution in [0.25, 0.3) is 21.3 Å². The van der Waals surface area contributed by atoms with Crippen molar-refractivity contribution in [2.45, 2.75) is 58.1 Å². The molecule has 1 saturated heterocycles. The van der Waals surface area contributed by atoms with Gasteiger partial charge in [0.25, 0.3) is 0 Å². The smallest absolute Gasteiger partial charge is 0.226 e. The summed E-state index contributed by atoms with van der Waals surface area (Å²) in [5.74, 6) is 2.09. The van der Waals surface area contributed by atoms with Gasteiger partial charge in [0.1, 0.15) is 6.10 Å². The molecule has 1 aliphatic heterocycles. The fourth-order valence-corrected chi connectivity index (χ4v) is 5.09. The molecule has 158 valence electrons. The van der Waals surface area contributed by atoms with Crippen LogP contribution >= 0.6 is 11.3 Å². The summed E-state index contributed by atoms with van der Waals surface area (Å²) in [6, 6.07) is 6.76. The van der Waals surface area contributed by atoms with Gasteiger partial charge in [0, 0.05) is 18.7 Å². The van der Waals surface area contributed by atoms with Gasteiger partial charge in [-0.1, -0.05) is 13.0 Å². The number of nitrogens with one attached hydrogen (secondary N) is 1. The maximum Gasteiger partial charge on any atom is 0.226 e. The lowest BCUT2D eigenvalue weighted by Crippen LogP contribution is -2.26. The van der Waals surface area contributed by atoms with Gasteiger partial charge in [-0.3, -0.25) is 0 Å². The summed E-state index contributed by atoms with van der Waals surface area (Å²) in [6.45, 7) is 5.71. The fraction of sp³-hybridized carbons (Fsp3) is 0.522. The molecule has 7 heteroatoms. The Labute approximate surface area is 181 Å². The van der Waals surface area contributed by atoms with Gasteiger partial charge in [-0.2, -0.15) is 4.98 Å². The molecule has 1 saturated carbocycles. The molecule has 2 aromatic heterocycles. The SMILES string of the molecule is Cc1nc2cc(-c3cnc(NC4CCC(C)CC4)nc3OC3CCOC3)ccc2s1.